The highest BCUT2D eigenvalue weighted by molar-refractivity contribution is 5.74. The molecule has 0 saturated heterocycles. The van der Waals surface area contributed by atoms with Crippen LogP contribution in [0.3, 0.4) is 0 Å². The van der Waals surface area contributed by atoms with Gasteiger partial charge < -0.3 is 24.8 Å². The lowest BCUT2D eigenvalue weighted by Crippen LogP contribution is -2.42. The van der Waals surface area contributed by atoms with Gasteiger partial charge in [0.1, 0.15) is 0 Å². The summed E-state index contributed by atoms with van der Waals surface area (Å²) in [6, 6.07) is 0.0566. The lowest BCUT2D eigenvalue weighted by atomic mass is 10.1. The molecule has 29 heavy (non-hydrogen) atoms. The normalized spacial score (nSPS) is 11.1. The van der Waals surface area contributed by atoms with Crippen molar-refractivity contribution in [1.29, 1.82) is 0 Å². The molecule has 0 fully saturated rings. The fourth-order valence-electron chi connectivity index (χ4n) is 2.99. The summed E-state index contributed by atoms with van der Waals surface area (Å²) in [6.07, 6.45) is 8.45. The molecule has 0 atom stereocenters. The van der Waals surface area contributed by atoms with Gasteiger partial charge in [-0.2, -0.15) is 0 Å². The molecule has 172 valence electrons. The predicted molar refractivity (Wildman–Crippen MR) is 120 cm³/mol. The van der Waals surface area contributed by atoms with Gasteiger partial charge in [0.05, 0.1) is 6.61 Å². The van der Waals surface area contributed by atoms with Crippen molar-refractivity contribution in [1.82, 2.24) is 20.0 Å². The minimum Gasteiger partial charge on any atom is -0.466 e. The second kappa shape index (κ2) is 18.7. The smallest absolute Gasteiger partial charge is 0.317 e. The molecule has 0 heterocycles. The van der Waals surface area contributed by atoms with E-state index < -0.39 is 0 Å². The lowest BCUT2D eigenvalue weighted by Gasteiger charge is -2.24. The first kappa shape index (κ1) is 27.7. The van der Waals surface area contributed by atoms with Gasteiger partial charge in [0.2, 0.25) is 0 Å². The highest BCUT2D eigenvalue weighted by Gasteiger charge is 2.12. The molecule has 2 amide bonds. The molecule has 0 aliphatic carbocycles. The summed E-state index contributed by atoms with van der Waals surface area (Å²) in [5.74, 6) is -0.0808. The topological polar surface area (TPSA) is 65.1 Å². The fraction of sp³-hybridized carbons (Fsp3) is 0.909. The van der Waals surface area contributed by atoms with Crippen LogP contribution in [0.1, 0.15) is 64.7 Å². The first-order chi connectivity index (χ1) is 13.9. The molecule has 0 saturated carbocycles. The first-order valence-corrected chi connectivity index (χ1v) is 11.3. The van der Waals surface area contributed by atoms with E-state index in [4.69, 9.17) is 4.74 Å². The van der Waals surface area contributed by atoms with Gasteiger partial charge in [0, 0.05) is 26.1 Å². The van der Waals surface area contributed by atoms with Crippen molar-refractivity contribution in [3.8, 4) is 0 Å². The Balaban J connectivity index is 3.90. The molecule has 0 aliphatic heterocycles. The zero-order chi connectivity index (χ0) is 21.9. The molecule has 0 spiro atoms. The van der Waals surface area contributed by atoms with Crippen LogP contribution < -0.4 is 5.32 Å². The van der Waals surface area contributed by atoms with Gasteiger partial charge in [-0.25, -0.2) is 4.79 Å². The molecule has 0 aromatic carbocycles. The number of ether oxygens (including phenoxy) is 1. The summed E-state index contributed by atoms with van der Waals surface area (Å²) < 4.78 is 5.07. The molecule has 0 unspecified atom stereocenters. The highest BCUT2D eigenvalue weighted by atomic mass is 16.5. The monoisotopic (exact) mass is 414 g/mol. The maximum absolute atomic E-state index is 12.5. The maximum atomic E-state index is 12.5. The minimum atomic E-state index is -0.0808. The largest absolute Gasteiger partial charge is 0.466 e. The summed E-state index contributed by atoms with van der Waals surface area (Å²) in [6.45, 7) is 6.82. The van der Waals surface area contributed by atoms with Gasteiger partial charge in [-0.15, -0.1) is 0 Å². The van der Waals surface area contributed by atoms with Crippen molar-refractivity contribution in [3.05, 3.63) is 0 Å². The van der Waals surface area contributed by atoms with E-state index in [0.29, 0.717) is 13.0 Å². The van der Waals surface area contributed by atoms with E-state index in [1.54, 1.807) is 0 Å². The Morgan fingerprint density at radius 1 is 0.759 bits per heavy atom. The van der Waals surface area contributed by atoms with Gasteiger partial charge in [-0.1, -0.05) is 26.2 Å². The fourth-order valence-corrected chi connectivity index (χ4v) is 2.99. The van der Waals surface area contributed by atoms with Crippen molar-refractivity contribution >= 4 is 12.0 Å². The number of carbonyl (C=O) groups excluding carboxylic acids is 2. The number of esters is 1. The number of hydrogen-bond donors (Lipinski definition) is 1. The maximum Gasteiger partial charge on any atom is 0.317 e. The Morgan fingerprint density at radius 3 is 1.86 bits per heavy atom. The minimum absolute atomic E-state index is 0.0566. The summed E-state index contributed by atoms with van der Waals surface area (Å²) in [7, 11) is 8.24. The number of nitrogens with zero attached hydrogens (tertiary/aromatic N) is 3. The standard InChI is InChI=1S/C22H46N4O3/c1-6-20-29-21(27)14-10-8-7-9-11-15-23-22(28)26(18-12-16-24(2)3)19-13-17-25(4)5/h6-20H2,1-5H3,(H,23,28). The molecule has 0 radical (unpaired) electrons. The number of rotatable bonds is 18. The quantitative estimate of drug-likeness (QED) is 0.276. The van der Waals surface area contributed by atoms with Gasteiger partial charge in [-0.05, 0) is 73.4 Å². The molecule has 0 bridgehead atoms. The van der Waals surface area contributed by atoms with Gasteiger partial charge in [-0.3, -0.25) is 4.79 Å². The summed E-state index contributed by atoms with van der Waals surface area (Å²) in [5.41, 5.74) is 0. The molecule has 1 N–H and O–H groups in total. The molecule has 7 nitrogen and oxygen atoms in total. The third kappa shape index (κ3) is 18.4. The van der Waals surface area contributed by atoms with Crippen LogP contribution in [0.5, 0.6) is 0 Å². The Labute approximate surface area is 179 Å². The van der Waals surface area contributed by atoms with E-state index >= 15 is 0 Å². The van der Waals surface area contributed by atoms with E-state index in [-0.39, 0.29) is 12.0 Å². The van der Waals surface area contributed by atoms with Crippen molar-refractivity contribution in [3.63, 3.8) is 0 Å². The van der Waals surface area contributed by atoms with Crippen LogP contribution in [-0.2, 0) is 9.53 Å². The Hall–Kier alpha value is -1.34. The molecule has 0 rings (SSSR count). The zero-order valence-corrected chi connectivity index (χ0v) is 19.7. The van der Waals surface area contributed by atoms with Gasteiger partial charge in [0.15, 0.2) is 0 Å². The van der Waals surface area contributed by atoms with E-state index in [9.17, 15) is 9.59 Å². The number of amides is 2. The van der Waals surface area contributed by atoms with Crippen LogP contribution in [0.15, 0.2) is 0 Å². The van der Waals surface area contributed by atoms with Gasteiger partial charge in [0.25, 0.3) is 0 Å². The summed E-state index contributed by atoms with van der Waals surface area (Å²) in [5, 5.41) is 3.08. The Morgan fingerprint density at radius 2 is 1.31 bits per heavy atom. The van der Waals surface area contributed by atoms with Crippen LogP contribution in [0.25, 0.3) is 0 Å². The third-order valence-electron chi connectivity index (χ3n) is 4.66. The van der Waals surface area contributed by atoms with E-state index in [0.717, 1.165) is 84.1 Å². The number of carbonyl (C=O) groups is 2. The Kier molecular flexibility index (Phi) is 17.8. The average molecular weight is 415 g/mol. The lowest BCUT2D eigenvalue weighted by molar-refractivity contribution is -0.143. The van der Waals surface area contributed by atoms with E-state index in [1.165, 1.54) is 0 Å². The van der Waals surface area contributed by atoms with Gasteiger partial charge >= 0.3 is 12.0 Å². The highest BCUT2D eigenvalue weighted by Crippen LogP contribution is 2.06. The number of hydrogen-bond acceptors (Lipinski definition) is 5. The van der Waals surface area contributed by atoms with Crippen LogP contribution in [0, 0.1) is 0 Å². The van der Waals surface area contributed by atoms with Crippen molar-refractivity contribution in [2.75, 3.05) is 67.5 Å². The number of unbranched alkanes of at least 4 members (excludes halogenated alkanes) is 4. The van der Waals surface area contributed by atoms with Crippen LogP contribution in [0.2, 0.25) is 0 Å². The SMILES string of the molecule is CCCOC(=O)CCCCCCCNC(=O)N(CCCN(C)C)CCCN(C)C. The molecular weight excluding hydrogens is 368 g/mol. The average Bonchev–Trinajstić information content (AvgIpc) is 2.66. The first-order valence-electron chi connectivity index (χ1n) is 11.3. The molecule has 0 aromatic rings. The van der Waals surface area contributed by atoms with E-state index in [2.05, 4.69) is 43.3 Å². The predicted octanol–water partition coefficient (Wildman–Crippen LogP) is 3.20. The van der Waals surface area contributed by atoms with Crippen LogP contribution in [0.4, 0.5) is 4.79 Å². The van der Waals surface area contributed by atoms with Crippen LogP contribution >= 0.6 is 0 Å². The third-order valence-corrected chi connectivity index (χ3v) is 4.66. The summed E-state index contributed by atoms with van der Waals surface area (Å²) in [4.78, 5) is 30.2. The van der Waals surface area contributed by atoms with E-state index in [1.807, 2.05) is 11.8 Å². The number of nitrogens with one attached hydrogen (secondary N) is 1. The number of urea groups is 1. The second-order valence-corrected chi connectivity index (χ2v) is 8.27. The Bertz CT molecular complexity index is 403. The molecule has 0 aliphatic rings. The van der Waals surface area contributed by atoms with Crippen LogP contribution in [-0.4, -0.2) is 94.2 Å². The van der Waals surface area contributed by atoms with Crippen molar-refractivity contribution in [2.24, 2.45) is 0 Å². The van der Waals surface area contributed by atoms with Crippen molar-refractivity contribution in [2.45, 2.75) is 64.7 Å². The summed E-state index contributed by atoms with van der Waals surface area (Å²) >= 11 is 0. The molecule has 7 heteroatoms. The second-order valence-electron chi connectivity index (χ2n) is 8.27. The zero-order valence-electron chi connectivity index (χ0n) is 19.7. The van der Waals surface area contributed by atoms with Crippen molar-refractivity contribution < 1.29 is 14.3 Å². The molecular formula is C22H46N4O3. The molecule has 0 aromatic heterocycles.